The second-order valence-electron chi connectivity index (χ2n) is 6.13. The predicted octanol–water partition coefficient (Wildman–Crippen LogP) is 3.52. The molecule has 0 aromatic carbocycles. The summed E-state index contributed by atoms with van der Waals surface area (Å²) in [6.45, 7) is 19.4. The van der Waals surface area contributed by atoms with Crippen LogP contribution in [0.5, 0.6) is 0 Å². The first-order chi connectivity index (χ1) is 6.83. The molecule has 3 nitrogen and oxygen atoms in total. The molecule has 9 heteroatoms. The Kier molecular flexibility index (Phi) is 12.5. The number of hydrogen-bond donors (Lipinski definition) is 0. The molecule has 0 unspecified atom stereocenters. The molecule has 0 aromatic rings. The van der Waals surface area contributed by atoms with Gasteiger partial charge in [0.1, 0.15) is 0 Å². The third-order valence-corrected chi connectivity index (χ3v) is 13.4. The Labute approximate surface area is 142 Å². The van der Waals surface area contributed by atoms with E-state index >= 15 is 0 Å². The van der Waals surface area contributed by atoms with Crippen LogP contribution >= 0.6 is 0 Å². The van der Waals surface area contributed by atoms with Gasteiger partial charge < -0.3 is 12.3 Å². The summed E-state index contributed by atoms with van der Waals surface area (Å²) in [5.41, 5.74) is 0. The van der Waals surface area contributed by atoms with Gasteiger partial charge in [-0.25, -0.2) is 0 Å². The van der Waals surface area contributed by atoms with E-state index in [2.05, 4.69) is 58.9 Å². The molecule has 0 aliphatic heterocycles. The van der Waals surface area contributed by atoms with Crippen LogP contribution in [0, 0.1) is 0 Å². The van der Waals surface area contributed by atoms with Gasteiger partial charge in [0, 0.05) is 37.1 Å². The molecule has 0 aromatic heterocycles. The van der Waals surface area contributed by atoms with E-state index in [1.54, 1.807) is 0 Å². The molecule has 3 radical (unpaired) electrons. The van der Waals surface area contributed by atoms with Crippen molar-refractivity contribution in [1.29, 1.82) is 0 Å². The molecule has 0 saturated carbocycles. The summed E-state index contributed by atoms with van der Waals surface area (Å²) in [5.74, 6) is 0. The van der Waals surface area contributed by atoms with Crippen molar-refractivity contribution >= 4 is 34.5 Å². The Morgan fingerprint density at radius 2 is 1.06 bits per heavy atom. The van der Waals surface area contributed by atoms with Crippen LogP contribution in [0.15, 0.2) is 0 Å². The van der Waals surface area contributed by atoms with Crippen LogP contribution in [0.3, 0.4) is 0 Å². The van der Waals surface area contributed by atoms with Crippen LogP contribution in [0.25, 0.3) is 0 Å². The Bertz CT molecular complexity index is 232. The van der Waals surface area contributed by atoms with Crippen molar-refractivity contribution in [2.75, 3.05) is 0 Å². The van der Waals surface area contributed by atoms with Crippen LogP contribution in [-0.2, 0) is 49.5 Å². The molecule has 18 heavy (non-hydrogen) atoms. The molecule has 0 bridgehead atoms. The second kappa shape index (κ2) is 9.04. The summed E-state index contributed by atoms with van der Waals surface area (Å²) < 4.78 is 18.3. The molecule has 0 heterocycles. The molecule has 0 amide bonds. The Balaban J connectivity index is -0.00000112. The zero-order chi connectivity index (χ0) is 13.2. The summed E-state index contributed by atoms with van der Waals surface area (Å²) in [6.07, 6.45) is 0. The van der Waals surface area contributed by atoms with Crippen molar-refractivity contribution in [2.24, 2.45) is 0 Å². The Hall–Kier alpha value is 1.92. The third kappa shape index (κ3) is 14.3. The summed E-state index contributed by atoms with van der Waals surface area (Å²) in [7, 11) is -6.24. The van der Waals surface area contributed by atoms with Gasteiger partial charge in [0.25, 0.3) is 0 Å². The zero-order valence-electron chi connectivity index (χ0n) is 13.1. The summed E-state index contributed by atoms with van der Waals surface area (Å²) >= 11 is 0. The van der Waals surface area contributed by atoms with Crippen LogP contribution in [0.2, 0.25) is 58.9 Å². The molecule has 0 aliphatic rings. The van der Waals surface area contributed by atoms with E-state index in [1.807, 2.05) is 0 Å². The van der Waals surface area contributed by atoms with Crippen LogP contribution in [0.4, 0.5) is 0 Å². The molecule has 0 aliphatic carbocycles. The van der Waals surface area contributed by atoms with Crippen LogP contribution < -0.4 is 0 Å². The smallest absolute Gasteiger partial charge is 0.312 e. The molecule has 0 saturated heterocycles. The molecular formula is C9H27O3Si4V2. The van der Waals surface area contributed by atoms with Crippen LogP contribution in [-0.4, -0.2) is 34.5 Å². The van der Waals surface area contributed by atoms with Crippen molar-refractivity contribution in [3.8, 4) is 0 Å². The van der Waals surface area contributed by atoms with E-state index in [-0.39, 0.29) is 37.1 Å². The van der Waals surface area contributed by atoms with E-state index < -0.39 is 34.5 Å². The first-order valence-corrected chi connectivity index (χ1v) is 17.2. The van der Waals surface area contributed by atoms with Gasteiger partial charge in [0.15, 0.2) is 17.4 Å². The molecule has 0 N–H and O–H groups in total. The van der Waals surface area contributed by atoms with Gasteiger partial charge in [-0.2, -0.15) is 0 Å². The maximum absolute atomic E-state index is 6.21. The molecule has 0 fully saturated rings. The van der Waals surface area contributed by atoms with Gasteiger partial charge in [-0.05, 0) is 58.9 Å². The van der Waals surface area contributed by atoms with E-state index in [9.17, 15) is 0 Å². The monoisotopic (exact) mass is 397 g/mol. The fourth-order valence-electron chi connectivity index (χ4n) is 1.86. The van der Waals surface area contributed by atoms with Crippen molar-refractivity contribution in [3.63, 3.8) is 0 Å². The average molecular weight is 398 g/mol. The molecule has 0 rings (SSSR count). The van der Waals surface area contributed by atoms with Gasteiger partial charge in [-0.15, -0.1) is 0 Å². The maximum Gasteiger partial charge on any atom is 0.312 e. The van der Waals surface area contributed by atoms with Gasteiger partial charge in [-0.1, -0.05) is 0 Å². The van der Waals surface area contributed by atoms with Gasteiger partial charge in [0.2, 0.25) is 0 Å². The van der Waals surface area contributed by atoms with E-state index in [1.165, 1.54) is 0 Å². The van der Waals surface area contributed by atoms with Gasteiger partial charge in [0.05, 0.1) is 0 Å². The average Bonchev–Trinajstić information content (AvgIpc) is 1.69. The van der Waals surface area contributed by atoms with E-state index in [0.717, 1.165) is 0 Å². The molecule has 0 spiro atoms. The predicted molar refractivity (Wildman–Crippen MR) is 79.0 cm³/mol. The Morgan fingerprint density at radius 1 is 0.667 bits per heavy atom. The first-order valence-electron chi connectivity index (χ1n) is 5.72. The van der Waals surface area contributed by atoms with Gasteiger partial charge in [-0.3, -0.25) is 0 Å². The Morgan fingerprint density at radius 3 is 1.33 bits per heavy atom. The number of rotatable bonds is 6. The minimum atomic E-state index is -2.03. The second-order valence-corrected chi connectivity index (χ2v) is 20.2. The standard InChI is InChI=1S/C9H27O3Si4.2V/c1-13(2)10-15(6,7)12-16(8,9)11-14(3,4)5;;/h1-9H3;;. The van der Waals surface area contributed by atoms with Crippen molar-refractivity contribution in [2.45, 2.75) is 58.9 Å². The summed E-state index contributed by atoms with van der Waals surface area (Å²) in [6, 6.07) is 0. The minimum Gasteiger partial charge on any atom is -0.437 e. The molecular weight excluding hydrogens is 370 g/mol. The largest absolute Gasteiger partial charge is 0.437 e. The van der Waals surface area contributed by atoms with Gasteiger partial charge >= 0.3 is 17.1 Å². The van der Waals surface area contributed by atoms with Crippen molar-refractivity contribution < 1.29 is 49.5 Å². The molecule has 0 atom stereocenters. The summed E-state index contributed by atoms with van der Waals surface area (Å²) in [4.78, 5) is 0. The molecule has 107 valence electrons. The normalized spacial score (nSPS) is 13.0. The quantitative estimate of drug-likeness (QED) is 0.642. The maximum atomic E-state index is 6.21. The topological polar surface area (TPSA) is 27.7 Å². The SMILES string of the molecule is C[Si](C)O[Si](C)(C)O[Si](C)(C)O[Si](C)(C)C.[V].[V]. The van der Waals surface area contributed by atoms with Crippen LogP contribution in [0.1, 0.15) is 0 Å². The third-order valence-electron chi connectivity index (χ3n) is 1.49. The first kappa shape index (κ1) is 24.9. The number of hydrogen-bond acceptors (Lipinski definition) is 3. The van der Waals surface area contributed by atoms with E-state index in [0.29, 0.717) is 0 Å². The van der Waals surface area contributed by atoms with Crippen molar-refractivity contribution in [3.05, 3.63) is 0 Å². The zero-order valence-corrected chi connectivity index (χ0v) is 19.9. The van der Waals surface area contributed by atoms with E-state index in [4.69, 9.17) is 12.3 Å². The fourth-order valence-corrected chi connectivity index (χ4v) is 17.5. The fraction of sp³-hybridized carbons (Fsp3) is 1.00. The van der Waals surface area contributed by atoms with Crippen molar-refractivity contribution in [1.82, 2.24) is 0 Å². The summed E-state index contributed by atoms with van der Waals surface area (Å²) in [5, 5.41) is 0. The minimum absolute atomic E-state index is 0.